The summed E-state index contributed by atoms with van der Waals surface area (Å²) >= 11 is 0. The van der Waals surface area contributed by atoms with E-state index in [1.807, 2.05) is 6.92 Å². The molecule has 3 rings (SSSR count). The second-order valence-corrected chi connectivity index (χ2v) is 9.33. The highest BCUT2D eigenvalue weighted by molar-refractivity contribution is 7.93. The van der Waals surface area contributed by atoms with E-state index in [0.717, 1.165) is 10.1 Å². The number of rotatable bonds is 8. The van der Waals surface area contributed by atoms with Crippen molar-refractivity contribution in [2.45, 2.75) is 37.8 Å². The first kappa shape index (κ1) is 24.5. The summed E-state index contributed by atoms with van der Waals surface area (Å²) < 4.78 is 29.7. The Balaban J connectivity index is 2.08. The monoisotopic (exact) mass is 487 g/mol. The quantitative estimate of drug-likeness (QED) is 0.199. The van der Waals surface area contributed by atoms with Gasteiger partial charge in [0.05, 0.1) is 5.52 Å². The van der Waals surface area contributed by atoms with Crippen LogP contribution in [0.3, 0.4) is 0 Å². The summed E-state index contributed by atoms with van der Waals surface area (Å²) in [5.74, 6) is -1.29. The number of fused-ring (bicyclic) bond motifs is 1. The van der Waals surface area contributed by atoms with Crippen LogP contribution in [-0.4, -0.2) is 35.9 Å². The molecule has 13 heteroatoms. The molecule has 0 radical (unpaired) electrons. The molecule has 0 bridgehead atoms. The molecule has 2 aromatic heterocycles. The maximum absolute atomic E-state index is 13.3. The Bertz CT molecular complexity index is 1450. The normalized spacial score (nSPS) is 13.1. The summed E-state index contributed by atoms with van der Waals surface area (Å²) in [5.41, 5.74) is 16.4. The van der Waals surface area contributed by atoms with Crippen molar-refractivity contribution in [3.05, 3.63) is 64.2 Å². The van der Waals surface area contributed by atoms with Crippen molar-refractivity contribution in [1.82, 2.24) is 9.55 Å². The van der Waals surface area contributed by atoms with E-state index < -0.39 is 33.6 Å². The van der Waals surface area contributed by atoms with Gasteiger partial charge in [0, 0.05) is 17.3 Å². The van der Waals surface area contributed by atoms with E-state index in [4.69, 9.17) is 22.0 Å². The number of hydrogen-bond acceptors (Lipinski definition) is 7. The molecule has 0 saturated carbocycles. The molecule has 34 heavy (non-hydrogen) atoms. The number of aryl methyl sites for hydroxylation is 2. The van der Waals surface area contributed by atoms with Crippen molar-refractivity contribution in [2.75, 3.05) is 4.72 Å². The third-order valence-electron chi connectivity index (χ3n) is 5.00. The van der Waals surface area contributed by atoms with Gasteiger partial charge in [0.15, 0.2) is 12.1 Å². The first-order valence-corrected chi connectivity index (χ1v) is 11.5. The van der Waals surface area contributed by atoms with E-state index in [-0.39, 0.29) is 22.1 Å². The SMILES string of the molecule is Cc1cnc2c(S(=O)(=O)Nc3ccc(C)n(C(C(N)=O)C(C)ON=C(N)N)c3=O)cccc2c1. The Hall–Kier alpha value is -4.13. The summed E-state index contributed by atoms with van der Waals surface area (Å²) in [5, 5.41) is 4.03. The number of anilines is 1. The van der Waals surface area contributed by atoms with E-state index in [9.17, 15) is 18.0 Å². The minimum Gasteiger partial charge on any atom is -0.387 e. The largest absolute Gasteiger partial charge is 0.387 e. The van der Waals surface area contributed by atoms with E-state index in [0.29, 0.717) is 11.1 Å². The Kier molecular flexibility index (Phi) is 6.77. The van der Waals surface area contributed by atoms with Crippen LogP contribution in [0.4, 0.5) is 5.69 Å². The second-order valence-electron chi connectivity index (χ2n) is 7.68. The highest BCUT2D eigenvalue weighted by atomic mass is 32.2. The van der Waals surface area contributed by atoms with Crippen molar-refractivity contribution in [1.29, 1.82) is 0 Å². The second kappa shape index (κ2) is 9.39. The molecule has 0 spiro atoms. The third kappa shape index (κ3) is 4.93. The highest BCUT2D eigenvalue weighted by Gasteiger charge is 2.30. The van der Waals surface area contributed by atoms with Crippen LogP contribution < -0.4 is 27.5 Å². The number of carbonyl (C=O) groups is 1. The van der Waals surface area contributed by atoms with Gasteiger partial charge in [-0.25, -0.2) is 8.42 Å². The topological polar surface area (TPSA) is 198 Å². The van der Waals surface area contributed by atoms with Crippen molar-refractivity contribution in [3.8, 4) is 0 Å². The number of benzene rings is 1. The highest BCUT2D eigenvalue weighted by Crippen LogP contribution is 2.24. The molecule has 12 nitrogen and oxygen atoms in total. The molecule has 2 unspecified atom stereocenters. The average Bonchev–Trinajstić information content (AvgIpc) is 2.75. The minimum absolute atomic E-state index is 0.104. The number of sulfonamides is 1. The molecule has 2 heterocycles. The Labute approximate surface area is 195 Å². The number of nitrogens with one attached hydrogen (secondary N) is 1. The molecule has 0 saturated heterocycles. The summed E-state index contributed by atoms with van der Waals surface area (Å²) in [6, 6.07) is 7.94. The number of guanidine groups is 1. The number of amides is 1. The lowest BCUT2D eigenvalue weighted by molar-refractivity contribution is -0.125. The fraction of sp³-hybridized carbons (Fsp3) is 0.238. The molecule has 3 aromatic rings. The van der Waals surface area contributed by atoms with Crippen molar-refractivity contribution in [3.63, 3.8) is 0 Å². The van der Waals surface area contributed by atoms with Gasteiger partial charge < -0.3 is 22.0 Å². The predicted molar refractivity (Wildman–Crippen MR) is 127 cm³/mol. The van der Waals surface area contributed by atoms with Gasteiger partial charge in [-0.15, -0.1) is 0 Å². The van der Waals surface area contributed by atoms with E-state index >= 15 is 0 Å². The van der Waals surface area contributed by atoms with Crippen LogP contribution in [-0.2, 0) is 19.7 Å². The van der Waals surface area contributed by atoms with Gasteiger partial charge in [0.2, 0.25) is 11.9 Å². The Morgan fingerprint density at radius 2 is 1.88 bits per heavy atom. The number of primary amides is 1. The van der Waals surface area contributed by atoms with Crippen LogP contribution in [0.15, 0.2) is 57.4 Å². The maximum atomic E-state index is 13.3. The fourth-order valence-corrected chi connectivity index (χ4v) is 4.74. The number of oxime groups is 1. The Morgan fingerprint density at radius 3 is 2.53 bits per heavy atom. The molecule has 0 aliphatic carbocycles. The molecule has 0 aliphatic heterocycles. The van der Waals surface area contributed by atoms with Crippen molar-refractivity contribution >= 4 is 38.5 Å². The van der Waals surface area contributed by atoms with Crippen LogP contribution in [0.5, 0.6) is 0 Å². The number of hydrogen-bond donors (Lipinski definition) is 4. The lowest BCUT2D eigenvalue weighted by Crippen LogP contribution is -2.42. The summed E-state index contributed by atoms with van der Waals surface area (Å²) in [4.78, 5) is 34.7. The van der Waals surface area contributed by atoms with E-state index in [1.54, 1.807) is 31.3 Å². The number of carbonyl (C=O) groups excluding carboxylic acids is 1. The standard InChI is InChI=1S/C21H25N7O5S/c1-11-9-14-5-4-6-16(17(14)25-10-11)34(31,32)27-15-8-7-12(2)28(20(15)30)18(19(22)29)13(3)33-26-21(23)24/h4-10,13,18,27H,1-3H3,(H2,22,29)(H4,23,24,26). The van der Waals surface area contributed by atoms with Gasteiger partial charge >= 0.3 is 0 Å². The van der Waals surface area contributed by atoms with E-state index in [1.165, 1.54) is 25.1 Å². The molecular weight excluding hydrogens is 462 g/mol. The third-order valence-corrected chi connectivity index (χ3v) is 6.40. The molecule has 0 aliphatic rings. The minimum atomic E-state index is -4.22. The molecule has 2 atom stereocenters. The van der Waals surface area contributed by atoms with Gasteiger partial charge in [0.25, 0.3) is 15.6 Å². The van der Waals surface area contributed by atoms with Gasteiger partial charge in [-0.3, -0.25) is 23.9 Å². The number of aromatic nitrogens is 2. The molecule has 1 aromatic carbocycles. The lowest BCUT2D eigenvalue weighted by atomic mass is 10.1. The van der Waals surface area contributed by atoms with Crippen LogP contribution >= 0.6 is 0 Å². The Morgan fingerprint density at radius 1 is 1.18 bits per heavy atom. The zero-order valence-electron chi connectivity index (χ0n) is 18.7. The van der Waals surface area contributed by atoms with Crippen LogP contribution in [0.2, 0.25) is 0 Å². The average molecular weight is 488 g/mol. The number of pyridine rings is 2. The number of nitrogens with two attached hydrogens (primary N) is 3. The van der Waals surface area contributed by atoms with Crippen LogP contribution in [0.25, 0.3) is 10.9 Å². The summed E-state index contributed by atoms with van der Waals surface area (Å²) in [6.07, 6.45) is 0.503. The molecule has 180 valence electrons. The van der Waals surface area contributed by atoms with Crippen LogP contribution in [0, 0.1) is 13.8 Å². The first-order valence-electron chi connectivity index (χ1n) is 10.1. The fourth-order valence-electron chi connectivity index (χ4n) is 3.50. The number of nitrogens with zero attached hydrogens (tertiary/aromatic N) is 3. The number of para-hydroxylation sites is 1. The molecule has 7 N–H and O–H groups in total. The first-order chi connectivity index (χ1) is 15.9. The summed E-state index contributed by atoms with van der Waals surface area (Å²) in [6.45, 7) is 4.84. The summed E-state index contributed by atoms with van der Waals surface area (Å²) in [7, 11) is -4.22. The van der Waals surface area contributed by atoms with Crippen LogP contribution in [0.1, 0.15) is 24.2 Å². The van der Waals surface area contributed by atoms with Gasteiger partial charge in [0.1, 0.15) is 10.6 Å². The zero-order chi connectivity index (χ0) is 25.2. The predicted octanol–water partition coefficient (Wildman–Crippen LogP) is 0.434. The molecular formula is C21H25N7O5S. The lowest BCUT2D eigenvalue weighted by Gasteiger charge is -2.24. The van der Waals surface area contributed by atoms with Crippen molar-refractivity contribution < 1.29 is 18.0 Å². The van der Waals surface area contributed by atoms with Gasteiger partial charge in [-0.1, -0.05) is 12.1 Å². The maximum Gasteiger partial charge on any atom is 0.275 e. The van der Waals surface area contributed by atoms with Crippen molar-refractivity contribution in [2.24, 2.45) is 22.4 Å². The molecule has 0 fully saturated rings. The van der Waals surface area contributed by atoms with Gasteiger partial charge in [-0.2, -0.15) is 0 Å². The van der Waals surface area contributed by atoms with E-state index in [2.05, 4.69) is 14.9 Å². The zero-order valence-corrected chi connectivity index (χ0v) is 19.5. The molecule has 1 amide bonds. The smallest absolute Gasteiger partial charge is 0.275 e. The van der Waals surface area contributed by atoms with Gasteiger partial charge in [-0.05, 0) is 55.8 Å².